The van der Waals surface area contributed by atoms with Crippen LogP contribution in [0.1, 0.15) is 149 Å². The quantitative estimate of drug-likeness (QED) is 0.164. The molecule has 6 aromatic carbocycles. The summed E-state index contributed by atoms with van der Waals surface area (Å²) < 4.78 is 0. The summed E-state index contributed by atoms with van der Waals surface area (Å²) in [5.41, 5.74) is 25.5. The summed E-state index contributed by atoms with van der Waals surface area (Å²) in [6, 6.07) is 47.8. The predicted molar refractivity (Wildman–Crippen MR) is 279 cm³/mol. The van der Waals surface area contributed by atoms with E-state index in [9.17, 15) is 0 Å². The van der Waals surface area contributed by atoms with Gasteiger partial charge in [0.25, 0.3) is 6.71 Å². The van der Waals surface area contributed by atoms with Crippen LogP contribution < -0.4 is 26.2 Å². The summed E-state index contributed by atoms with van der Waals surface area (Å²) in [6.07, 6.45) is 4.69. The van der Waals surface area contributed by atoms with Crippen LogP contribution in [0.5, 0.6) is 0 Å². The van der Waals surface area contributed by atoms with E-state index in [4.69, 9.17) is 0 Å². The molecule has 2 heterocycles. The van der Waals surface area contributed by atoms with Crippen LogP contribution in [0, 0.1) is 0 Å². The molecular formula is C61H67BN2. The molecule has 0 atom stereocenters. The van der Waals surface area contributed by atoms with Crippen LogP contribution in [0.15, 0.2) is 133 Å². The summed E-state index contributed by atoms with van der Waals surface area (Å²) in [5.74, 6) is 0. The number of hydrogen-bond donors (Lipinski definition) is 0. The van der Waals surface area contributed by atoms with Crippen molar-refractivity contribution < 1.29 is 0 Å². The first-order valence-corrected chi connectivity index (χ1v) is 23.9. The van der Waals surface area contributed by atoms with Crippen LogP contribution >= 0.6 is 0 Å². The topological polar surface area (TPSA) is 6.48 Å². The second-order valence-electron chi connectivity index (χ2n) is 23.9. The number of rotatable bonds is 3. The highest BCUT2D eigenvalue weighted by Crippen LogP contribution is 2.55. The molecule has 0 aromatic heterocycles. The zero-order valence-corrected chi connectivity index (χ0v) is 41.0. The Bertz CT molecular complexity index is 2930. The molecular weight excluding hydrogens is 771 g/mol. The van der Waals surface area contributed by atoms with Crippen molar-refractivity contribution in [1.82, 2.24) is 0 Å². The van der Waals surface area contributed by atoms with E-state index in [1.165, 1.54) is 101 Å². The Morgan fingerprint density at radius 1 is 0.484 bits per heavy atom. The third-order valence-corrected chi connectivity index (χ3v) is 15.0. The van der Waals surface area contributed by atoms with E-state index in [1.807, 2.05) is 0 Å². The fourth-order valence-corrected chi connectivity index (χ4v) is 11.2. The van der Waals surface area contributed by atoms with Gasteiger partial charge >= 0.3 is 0 Å². The Hall–Kier alpha value is -5.54. The molecule has 0 saturated carbocycles. The lowest BCUT2D eigenvalue weighted by molar-refractivity contribution is 0.589. The van der Waals surface area contributed by atoms with Crippen LogP contribution in [0.4, 0.5) is 34.1 Å². The normalized spacial score (nSPS) is 16.5. The fraction of sp³-hybridized carbons (Fsp3) is 0.344. The van der Waals surface area contributed by atoms with E-state index in [0.29, 0.717) is 0 Å². The lowest BCUT2D eigenvalue weighted by Gasteiger charge is -2.45. The molecule has 0 amide bonds. The van der Waals surface area contributed by atoms with Gasteiger partial charge in [-0.25, -0.2) is 0 Å². The molecule has 3 heteroatoms. The molecule has 2 aliphatic heterocycles. The Balaban J connectivity index is 1.22. The van der Waals surface area contributed by atoms with Gasteiger partial charge in [-0.1, -0.05) is 181 Å². The first-order valence-electron chi connectivity index (χ1n) is 23.9. The molecule has 6 aromatic rings. The number of hydrogen-bond acceptors (Lipinski definition) is 2. The van der Waals surface area contributed by atoms with Gasteiger partial charge < -0.3 is 9.80 Å². The Kier molecular flexibility index (Phi) is 9.43. The largest absolute Gasteiger partial charge is 0.311 e. The lowest BCUT2D eigenvalue weighted by Crippen LogP contribution is -2.61. The fourth-order valence-electron chi connectivity index (χ4n) is 11.2. The summed E-state index contributed by atoms with van der Waals surface area (Å²) in [5, 5.41) is 0. The van der Waals surface area contributed by atoms with E-state index in [2.05, 4.69) is 234 Å². The van der Waals surface area contributed by atoms with Crippen molar-refractivity contribution in [3.63, 3.8) is 0 Å². The standard InChI is InChI=1S/C61H67BN2/c1-57(2,3)39-24-30-44(31-25-39)64-52-33-27-41(59(7,8)9)35-50(52)62-49-34-40(58(4,5)6)26-32-51(49)63(53-36-42(60(10,11)12)37-54(64)56(53)62)43-28-22-38(23-29-43)45-19-17-21-48-55(45)46-18-15-16-20-47(46)61(48,13)14/h15-16,18-20,22-37H,17,21H2,1-14H3. The van der Waals surface area contributed by atoms with Crippen molar-refractivity contribution in [1.29, 1.82) is 0 Å². The smallest absolute Gasteiger partial charge is 0.252 e. The van der Waals surface area contributed by atoms with Crippen LogP contribution in [0.2, 0.25) is 0 Å². The van der Waals surface area contributed by atoms with Crippen LogP contribution in [0.3, 0.4) is 0 Å². The van der Waals surface area contributed by atoms with Crippen LogP contribution in [-0.2, 0) is 27.1 Å². The number of allylic oxidation sites excluding steroid dienone is 4. The molecule has 0 unspecified atom stereocenters. The van der Waals surface area contributed by atoms with Gasteiger partial charge in [-0.3, -0.25) is 0 Å². The van der Waals surface area contributed by atoms with E-state index in [0.717, 1.165) is 12.8 Å². The summed E-state index contributed by atoms with van der Waals surface area (Å²) >= 11 is 0. The zero-order valence-electron chi connectivity index (χ0n) is 41.0. The van der Waals surface area contributed by atoms with Crippen molar-refractivity contribution in [2.24, 2.45) is 0 Å². The maximum absolute atomic E-state index is 2.60. The highest BCUT2D eigenvalue weighted by atomic mass is 15.2. The molecule has 324 valence electrons. The number of benzene rings is 6. The van der Waals surface area contributed by atoms with Crippen molar-refractivity contribution in [2.45, 2.75) is 137 Å². The molecule has 0 radical (unpaired) electrons. The van der Waals surface area contributed by atoms with Gasteiger partial charge in [-0.15, -0.1) is 0 Å². The van der Waals surface area contributed by atoms with Crippen molar-refractivity contribution in [3.8, 4) is 0 Å². The van der Waals surface area contributed by atoms with Crippen molar-refractivity contribution >= 4 is 68.4 Å². The van der Waals surface area contributed by atoms with E-state index >= 15 is 0 Å². The summed E-state index contributed by atoms with van der Waals surface area (Å²) in [4.78, 5) is 5.18. The minimum absolute atomic E-state index is 0.00708. The first-order chi connectivity index (χ1) is 30.0. The zero-order chi connectivity index (χ0) is 45.5. The van der Waals surface area contributed by atoms with Gasteiger partial charge in [0, 0.05) is 39.5 Å². The first kappa shape index (κ1) is 42.4. The minimum Gasteiger partial charge on any atom is -0.311 e. The molecule has 10 rings (SSSR count). The lowest BCUT2D eigenvalue weighted by atomic mass is 9.33. The molecule has 2 aliphatic carbocycles. The minimum atomic E-state index is -0.0880. The molecule has 64 heavy (non-hydrogen) atoms. The van der Waals surface area contributed by atoms with E-state index in [-0.39, 0.29) is 33.8 Å². The molecule has 2 nitrogen and oxygen atoms in total. The maximum Gasteiger partial charge on any atom is 0.252 e. The van der Waals surface area contributed by atoms with Gasteiger partial charge in [0.1, 0.15) is 0 Å². The Labute approximate surface area is 385 Å². The van der Waals surface area contributed by atoms with Gasteiger partial charge in [0.15, 0.2) is 0 Å². The second kappa shape index (κ2) is 14.2. The molecule has 0 fully saturated rings. The van der Waals surface area contributed by atoms with Crippen molar-refractivity contribution in [2.75, 3.05) is 9.80 Å². The molecule has 0 saturated heterocycles. The van der Waals surface area contributed by atoms with Crippen LogP contribution in [0.25, 0.3) is 11.1 Å². The number of anilines is 6. The second-order valence-corrected chi connectivity index (χ2v) is 23.9. The van der Waals surface area contributed by atoms with Gasteiger partial charge in [0.2, 0.25) is 0 Å². The Morgan fingerprint density at radius 3 is 1.45 bits per heavy atom. The van der Waals surface area contributed by atoms with Crippen molar-refractivity contribution in [3.05, 3.63) is 172 Å². The third kappa shape index (κ3) is 6.66. The highest BCUT2D eigenvalue weighted by molar-refractivity contribution is 7.00. The summed E-state index contributed by atoms with van der Waals surface area (Å²) in [7, 11) is 0. The molecule has 0 N–H and O–H groups in total. The van der Waals surface area contributed by atoms with Gasteiger partial charge in [-0.05, 0) is 150 Å². The van der Waals surface area contributed by atoms with E-state index in [1.54, 1.807) is 5.57 Å². The highest BCUT2D eigenvalue weighted by Gasteiger charge is 2.45. The van der Waals surface area contributed by atoms with Gasteiger partial charge in [0.05, 0.1) is 0 Å². The van der Waals surface area contributed by atoms with E-state index < -0.39 is 0 Å². The maximum atomic E-state index is 2.60. The molecule has 0 spiro atoms. The Morgan fingerprint density at radius 2 is 0.953 bits per heavy atom. The molecule has 0 bridgehead atoms. The average molecular weight is 839 g/mol. The predicted octanol–water partition coefficient (Wildman–Crippen LogP) is 14.9. The summed E-state index contributed by atoms with van der Waals surface area (Å²) in [6.45, 7) is 33.0. The number of fused-ring (bicyclic) bond motifs is 6. The number of nitrogens with zero attached hydrogens (tertiary/aromatic N) is 2. The average Bonchev–Trinajstić information content (AvgIpc) is 3.48. The van der Waals surface area contributed by atoms with Gasteiger partial charge in [-0.2, -0.15) is 0 Å². The van der Waals surface area contributed by atoms with Crippen LogP contribution in [-0.4, -0.2) is 6.71 Å². The third-order valence-electron chi connectivity index (χ3n) is 15.0. The monoisotopic (exact) mass is 839 g/mol. The molecule has 4 aliphatic rings. The SMILES string of the molecule is CC(C)(C)c1ccc(N2c3ccc(C(C)(C)C)cc3B3c4cc(C(C)(C)C)ccc4N(c4ccc(C5=CCCC6=C5c5ccccc5C6(C)C)cc4)c4cc(C(C)(C)C)cc2c43)cc1.